The molecule has 0 spiro atoms. The monoisotopic (exact) mass is 319 g/mol. The second kappa shape index (κ2) is 7.42. The van der Waals surface area contributed by atoms with Crippen molar-refractivity contribution in [3.63, 3.8) is 0 Å². The summed E-state index contributed by atoms with van der Waals surface area (Å²) in [5.41, 5.74) is 0.259. The SMILES string of the molecule is CCNC(CCCS(C)(=O)=O)C1(OC)CCC(C)(C)CC1. The van der Waals surface area contributed by atoms with Gasteiger partial charge in [-0.05, 0) is 50.5 Å². The first kappa shape index (κ1) is 18.9. The lowest BCUT2D eigenvalue weighted by molar-refractivity contribution is -0.0876. The molecule has 126 valence electrons. The van der Waals surface area contributed by atoms with E-state index in [1.807, 2.05) is 0 Å². The molecule has 1 aliphatic carbocycles. The van der Waals surface area contributed by atoms with Gasteiger partial charge in [-0.2, -0.15) is 0 Å². The van der Waals surface area contributed by atoms with Crippen molar-refractivity contribution in [2.75, 3.05) is 25.7 Å². The molecule has 1 N–H and O–H groups in total. The van der Waals surface area contributed by atoms with Crippen LogP contribution in [0.5, 0.6) is 0 Å². The van der Waals surface area contributed by atoms with Crippen LogP contribution in [0.4, 0.5) is 0 Å². The van der Waals surface area contributed by atoms with Crippen LogP contribution in [0, 0.1) is 5.41 Å². The van der Waals surface area contributed by atoms with Gasteiger partial charge in [0.1, 0.15) is 9.84 Å². The van der Waals surface area contributed by atoms with Gasteiger partial charge in [0.2, 0.25) is 0 Å². The summed E-state index contributed by atoms with van der Waals surface area (Å²) >= 11 is 0. The highest BCUT2D eigenvalue weighted by Crippen LogP contribution is 2.44. The molecule has 4 nitrogen and oxygen atoms in total. The number of hydrogen-bond donors (Lipinski definition) is 1. The third kappa shape index (κ3) is 5.87. The van der Waals surface area contributed by atoms with Crippen LogP contribution in [0.1, 0.15) is 59.3 Å². The van der Waals surface area contributed by atoms with E-state index in [4.69, 9.17) is 4.74 Å². The fraction of sp³-hybridized carbons (Fsp3) is 1.00. The molecule has 0 aromatic carbocycles. The van der Waals surface area contributed by atoms with Gasteiger partial charge in [0.05, 0.1) is 5.60 Å². The Morgan fingerprint density at radius 1 is 1.19 bits per heavy atom. The second-order valence-corrected chi connectivity index (χ2v) is 9.58. The van der Waals surface area contributed by atoms with Gasteiger partial charge >= 0.3 is 0 Å². The van der Waals surface area contributed by atoms with Gasteiger partial charge in [-0.25, -0.2) is 8.42 Å². The Morgan fingerprint density at radius 3 is 2.19 bits per heavy atom. The molecule has 1 unspecified atom stereocenters. The first-order chi connectivity index (χ1) is 9.64. The van der Waals surface area contributed by atoms with E-state index in [0.717, 1.165) is 38.6 Å². The van der Waals surface area contributed by atoms with E-state index in [1.54, 1.807) is 7.11 Å². The second-order valence-electron chi connectivity index (χ2n) is 7.32. The lowest BCUT2D eigenvalue weighted by Gasteiger charge is -2.47. The number of likely N-dealkylation sites (N-methyl/N-ethyl adjacent to an activating group) is 1. The number of nitrogens with one attached hydrogen (secondary N) is 1. The first-order valence-corrected chi connectivity index (χ1v) is 10.2. The zero-order chi connectivity index (χ0) is 16.1. The van der Waals surface area contributed by atoms with Crippen LogP contribution in [-0.4, -0.2) is 45.7 Å². The van der Waals surface area contributed by atoms with Crippen molar-refractivity contribution in [1.29, 1.82) is 0 Å². The van der Waals surface area contributed by atoms with Gasteiger partial charge in [0.15, 0.2) is 0 Å². The molecule has 0 saturated heterocycles. The average Bonchev–Trinajstić information content (AvgIpc) is 2.37. The van der Waals surface area contributed by atoms with Crippen LogP contribution in [0.2, 0.25) is 0 Å². The summed E-state index contributed by atoms with van der Waals surface area (Å²) in [5.74, 6) is 0.264. The Kier molecular flexibility index (Phi) is 6.69. The van der Waals surface area contributed by atoms with Crippen molar-refractivity contribution in [1.82, 2.24) is 5.32 Å². The Morgan fingerprint density at radius 2 is 1.76 bits per heavy atom. The largest absolute Gasteiger partial charge is 0.377 e. The van der Waals surface area contributed by atoms with Crippen LogP contribution >= 0.6 is 0 Å². The van der Waals surface area contributed by atoms with E-state index in [2.05, 4.69) is 26.1 Å². The van der Waals surface area contributed by atoms with Crippen LogP contribution in [0.3, 0.4) is 0 Å². The summed E-state index contributed by atoms with van der Waals surface area (Å²) in [6, 6.07) is 0.241. The quantitative estimate of drug-likeness (QED) is 0.747. The molecule has 1 saturated carbocycles. The summed E-state index contributed by atoms with van der Waals surface area (Å²) < 4.78 is 28.6. The van der Waals surface area contributed by atoms with E-state index in [1.165, 1.54) is 6.26 Å². The molecule has 0 aliphatic heterocycles. The van der Waals surface area contributed by atoms with E-state index >= 15 is 0 Å². The number of hydrogen-bond acceptors (Lipinski definition) is 4. The van der Waals surface area contributed by atoms with E-state index < -0.39 is 9.84 Å². The van der Waals surface area contributed by atoms with Crippen LogP contribution in [0.15, 0.2) is 0 Å². The minimum Gasteiger partial charge on any atom is -0.377 e. The highest BCUT2D eigenvalue weighted by molar-refractivity contribution is 7.90. The molecule has 0 heterocycles. The summed E-state index contributed by atoms with van der Waals surface area (Å²) in [6.07, 6.45) is 7.29. The summed E-state index contributed by atoms with van der Waals surface area (Å²) in [4.78, 5) is 0. The summed E-state index contributed by atoms with van der Waals surface area (Å²) in [5, 5.41) is 3.54. The normalized spacial score (nSPS) is 22.9. The molecule has 0 amide bonds. The molecule has 1 fully saturated rings. The van der Waals surface area contributed by atoms with Gasteiger partial charge < -0.3 is 10.1 Å². The van der Waals surface area contributed by atoms with Gasteiger partial charge in [-0.3, -0.25) is 0 Å². The molecule has 0 radical (unpaired) electrons. The van der Waals surface area contributed by atoms with Gasteiger partial charge in [0.25, 0.3) is 0 Å². The molecule has 21 heavy (non-hydrogen) atoms. The van der Waals surface area contributed by atoms with Gasteiger partial charge in [0, 0.05) is 25.2 Å². The highest BCUT2D eigenvalue weighted by atomic mass is 32.2. The smallest absolute Gasteiger partial charge is 0.147 e. The van der Waals surface area contributed by atoms with Crippen molar-refractivity contribution in [2.45, 2.75) is 70.9 Å². The van der Waals surface area contributed by atoms with Crippen molar-refractivity contribution in [3.8, 4) is 0 Å². The van der Waals surface area contributed by atoms with E-state index in [9.17, 15) is 8.42 Å². The van der Waals surface area contributed by atoms with Crippen molar-refractivity contribution in [2.24, 2.45) is 5.41 Å². The molecule has 0 bridgehead atoms. The number of methoxy groups -OCH3 is 1. The predicted octanol–water partition coefficient (Wildman–Crippen LogP) is 2.77. The molecular formula is C16H33NO3S. The van der Waals surface area contributed by atoms with Crippen LogP contribution in [0.25, 0.3) is 0 Å². The Hall–Kier alpha value is -0.130. The summed E-state index contributed by atoms with van der Waals surface area (Å²) in [6.45, 7) is 7.62. The standard InChI is InChI=1S/C16H33NO3S/c1-6-17-14(8-7-13-21(5,18)19)16(20-4)11-9-15(2,3)10-12-16/h14,17H,6-13H2,1-5H3. The maximum Gasteiger partial charge on any atom is 0.147 e. The molecule has 1 aliphatic rings. The van der Waals surface area contributed by atoms with Gasteiger partial charge in [-0.1, -0.05) is 20.8 Å². The first-order valence-electron chi connectivity index (χ1n) is 8.10. The van der Waals surface area contributed by atoms with Gasteiger partial charge in [-0.15, -0.1) is 0 Å². The zero-order valence-corrected chi connectivity index (χ0v) is 15.2. The third-order valence-electron chi connectivity index (χ3n) is 4.95. The number of ether oxygens (including phenoxy) is 1. The average molecular weight is 320 g/mol. The minimum atomic E-state index is -2.88. The molecule has 0 aromatic rings. The number of sulfone groups is 1. The number of rotatable bonds is 8. The summed E-state index contributed by atoms with van der Waals surface area (Å²) in [7, 11) is -1.07. The zero-order valence-electron chi connectivity index (χ0n) is 14.4. The Bertz CT molecular complexity index is 407. The van der Waals surface area contributed by atoms with Crippen molar-refractivity contribution < 1.29 is 13.2 Å². The molecule has 0 aromatic heterocycles. The molecule has 1 rings (SSSR count). The maximum absolute atomic E-state index is 11.3. The lowest BCUT2D eigenvalue weighted by atomic mass is 9.68. The lowest BCUT2D eigenvalue weighted by Crippen LogP contribution is -2.54. The highest BCUT2D eigenvalue weighted by Gasteiger charge is 2.43. The van der Waals surface area contributed by atoms with E-state index in [-0.39, 0.29) is 17.4 Å². The fourth-order valence-electron chi connectivity index (χ4n) is 3.39. The van der Waals surface area contributed by atoms with E-state index in [0.29, 0.717) is 11.8 Å². The Balaban J connectivity index is 2.71. The van der Waals surface area contributed by atoms with Crippen LogP contribution in [-0.2, 0) is 14.6 Å². The molecule has 5 heteroatoms. The fourth-order valence-corrected chi connectivity index (χ4v) is 4.08. The predicted molar refractivity (Wildman–Crippen MR) is 88.4 cm³/mol. The maximum atomic E-state index is 11.3. The van der Waals surface area contributed by atoms with Crippen molar-refractivity contribution in [3.05, 3.63) is 0 Å². The topological polar surface area (TPSA) is 55.4 Å². The third-order valence-corrected chi connectivity index (χ3v) is 5.98. The molecule has 1 atom stereocenters. The molecular weight excluding hydrogens is 286 g/mol. The van der Waals surface area contributed by atoms with Crippen molar-refractivity contribution >= 4 is 9.84 Å². The minimum absolute atomic E-state index is 0.136. The Labute approximate surface area is 130 Å². The van der Waals surface area contributed by atoms with Crippen LogP contribution < -0.4 is 5.32 Å².